The Kier molecular flexibility index (Phi) is 4.63. The first-order valence-electron chi connectivity index (χ1n) is 8.78. The van der Waals surface area contributed by atoms with Crippen molar-refractivity contribution in [2.45, 2.75) is 19.5 Å². The van der Waals surface area contributed by atoms with E-state index in [2.05, 4.69) is 70.6 Å². The van der Waals surface area contributed by atoms with Crippen molar-refractivity contribution in [3.05, 3.63) is 77.5 Å². The molecule has 0 unspecified atom stereocenters. The van der Waals surface area contributed by atoms with Crippen molar-refractivity contribution in [3.63, 3.8) is 0 Å². The van der Waals surface area contributed by atoms with Gasteiger partial charge in [-0.15, -0.1) is 0 Å². The summed E-state index contributed by atoms with van der Waals surface area (Å²) in [6.45, 7) is 5.74. The number of fused-ring (bicyclic) bond motifs is 1. The Labute approximate surface area is 144 Å². The van der Waals surface area contributed by atoms with E-state index in [-0.39, 0.29) is 0 Å². The minimum atomic E-state index is 0.860. The lowest BCUT2D eigenvalue weighted by Gasteiger charge is -2.27. The Balaban J connectivity index is 1.42. The molecule has 0 aromatic heterocycles. The van der Waals surface area contributed by atoms with Crippen molar-refractivity contribution in [3.8, 4) is 0 Å². The summed E-state index contributed by atoms with van der Waals surface area (Å²) in [6.07, 6.45) is 5.49. The molecular weight excluding hydrogens is 296 g/mol. The summed E-state index contributed by atoms with van der Waals surface area (Å²) in [7, 11) is 0. The highest BCUT2D eigenvalue weighted by Crippen LogP contribution is 2.27. The second-order valence-corrected chi connectivity index (χ2v) is 6.55. The van der Waals surface area contributed by atoms with E-state index < -0.39 is 0 Å². The van der Waals surface area contributed by atoms with Crippen LogP contribution in [0.3, 0.4) is 0 Å². The summed E-state index contributed by atoms with van der Waals surface area (Å²) < 4.78 is 5.42. The van der Waals surface area contributed by atoms with Crippen LogP contribution >= 0.6 is 0 Å². The van der Waals surface area contributed by atoms with Gasteiger partial charge in [-0.3, -0.25) is 4.90 Å². The number of ether oxygens (including phenoxy) is 1. The fourth-order valence-corrected chi connectivity index (χ4v) is 3.45. The second kappa shape index (κ2) is 7.20. The van der Waals surface area contributed by atoms with Gasteiger partial charge < -0.3 is 9.64 Å². The molecule has 1 saturated heterocycles. The normalized spacial score (nSPS) is 17.8. The molecule has 4 rings (SSSR count). The molecule has 2 aromatic rings. The van der Waals surface area contributed by atoms with Crippen LogP contribution in [0.2, 0.25) is 0 Å². The fourth-order valence-electron chi connectivity index (χ4n) is 3.45. The summed E-state index contributed by atoms with van der Waals surface area (Å²) in [5.74, 6) is 0. The number of rotatable bonds is 4. The molecule has 2 aromatic carbocycles. The molecule has 0 amide bonds. The van der Waals surface area contributed by atoms with E-state index in [1.807, 2.05) is 0 Å². The molecule has 0 aliphatic carbocycles. The fraction of sp³-hybridized carbons (Fsp3) is 0.333. The molecule has 24 heavy (non-hydrogen) atoms. The van der Waals surface area contributed by atoms with Crippen LogP contribution < -0.4 is 4.90 Å². The van der Waals surface area contributed by atoms with Gasteiger partial charge in [0.25, 0.3) is 0 Å². The van der Waals surface area contributed by atoms with E-state index >= 15 is 0 Å². The van der Waals surface area contributed by atoms with Crippen molar-refractivity contribution in [2.75, 3.05) is 31.2 Å². The van der Waals surface area contributed by atoms with Crippen LogP contribution in [0.1, 0.15) is 16.7 Å². The SMILES string of the molecule is C1=CN(Cc2ccc(CN3CCOCC3)cc2)c2ccccc2C1. The third-order valence-electron chi connectivity index (χ3n) is 4.81. The molecule has 2 aliphatic heterocycles. The molecule has 0 atom stereocenters. The third-order valence-corrected chi connectivity index (χ3v) is 4.81. The molecule has 1 fully saturated rings. The van der Waals surface area contributed by atoms with Crippen LogP contribution in [-0.4, -0.2) is 31.2 Å². The van der Waals surface area contributed by atoms with Gasteiger partial charge >= 0.3 is 0 Å². The van der Waals surface area contributed by atoms with E-state index in [0.717, 1.165) is 45.8 Å². The summed E-state index contributed by atoms with van der Waals surface area (Å²) in [4.78, 5) is 4.80. The van der Waals surface area contributed by atoms with Crippen LogP contribution in [0.4, 0.5) is 5.69 Å². The predicted octanol–water partition coefficient (Wildman–Crippen LogP) is 3.60. The zero-order valence-corrected chi connectivity index (χ0v) is 14.0. The van der Waals surface area contributed by atoms with Crippen molar-refractivity contribution < 1.29 is 4.74 Å². The van der Waals surface area contributed by atoms with Crippen LogP contribution in [0.25, 0.3) is 0 Å². The lowest BCUT2D eigenvalue weighted by Crippen LogP contribution is -2.35. The van der Waals surface area contributed by atoms with Crippen LogP contribution in [0.5, 0.6) is 0 Å². The van der Waals surface area contributed by atoms with Gasteiger partial charge in [-0.1, -0.05) is 48.5 Å². The van der Waals surface area contributed by atoms with E-state index in [0.29, 0.717) is 0 Å². The molecule has 2 heterocycles. The van der Waals surface area contributed by atoms with Crippen molar-refractivity contribution in [2.24, 2.45) is 0 Å². The maximum absolute atomic E-state index is 5.42. The smallest absolute Gasteiger partial charge is 0.0594 e. The van der Waals surface area contributed by atoms with Crippen molar-refractivity contribution in [1.82, 2.24) is 4.90 Å². The third kappa shape index (κ3) is 3.53. The van der Waals surface area contributed by atoms with E-state index in [9.17, 15) is 0 Å². The number of anilines is 1. The molecule has 3 heteroatoms. The Hall–Kier alpha value is -2.10. The van der Waals surface area contributed by atoms with Gasteiger partial charge in [0.2, 0.25) is 0 Å². The van der Waals surface area contributed by atoms with Gasteiger partial charge in [0, 0.05) is 38.1 Å². The first-order chi connectivity index (χ1) is 11.9. The zero-order valence-electron chi connectivity index (χ0n) is 14.0. The Morgan fingerprint density at radius 1 is 0.833 bits per heavy atom. The summed E-state index contributed by atoms with van der Waals surface area (Å²) in [6, 6.07) is 17.7. The Morgan fingerprint density at radius 3 is 2.33 bits per heavy atom. The number of nitrogens with zero attached hydrogens (tertiary/aromatic N) is 2. The maximum Gasteiger partial charge on any atom is 0.0594 e. The van der Waals surface area contributed by atoms with Crippen LogP contribution in [0.15, 0.2) is 60.8 Å². The minimum Gasteiger partial charge on any atom is -0.379 e. The monoisotopic (exact) mass is 320 g/mol. The van der Waals surface area contributed by atoms with Gasteiger partial charge in [-0.2, -0.15) is 0 Å². The van der Waals surface area contributed by atoms with Gasteiger partial charge in [0.15, 0.2) is 0 Å². The number of hydrogen-bond donors (Lipinski definition) is 0. The molecule has 2 aliphatic rings. The predicted molar refractivity (Wildman–Crippen MR) is 98.0 cm³/mol. The average molecular weight is 320 g/mol. The van der Waals surface area contributed by atoms with Crippen molar-refractivity contribution >= 4 is 5.69 Å². The Morgan fingerprint density at radius 2 is 1.54 bits per heavy atom. The lowest BCUT2D eigenvalue weighted by molar-refractivity contribution is 0.0342. The molecule has 0 saturated carbocycles. The van der Waals surface area contributed by atoms with Crippen molar-refractivity contribution in [1.29, 1.82) is 0 Å². The van der Waals surface area contributed by atoms with Crippen LogP contribution in [0, 0.1) is 0 Å². The first kappa shape index (κ1) is 15.4. The molecule has 0 radical (unpaired) electrons. The first-order valence-corrected chi connectivity index (χ1v) is 8.78. The average Bonchev–Trinajstić information content (AvgIpc) is 2.65. The number of hydrogen-bond acceptors (Lipinski definition) is 3. The summed E-state index contributed by atoms with van der Waals surface area (Å²) in [5.41, 5.74) is 5.47. The Bertz CT molecular complexity index is 702. The van der Waals surface area contributed by atoms with Gasteiger partial charge in [0.1, 0.15) is 0 Å². The summed E-state index contributed by atoms with van der Waals surface area (Å²) >= 11 is 0. The van der Waals surface area contributed by atoms with Crippen LogP contribution in [-0.2, 0) is 24.2 Å². The number of benzene rings is 2. The number of morpholine rings is 1. The van der Waals surface area contributed by atoms with Gasteiger partial charge in [-0.25, -0.2) is 0 Å². The van der Waals surface area contributed by atoms with Gasteiger partial charge in [0.05, 0.1) is 13.2 Å². The second-order valence-electron chi connectivity index (χ2n) is 6.55. The molecule has 0 bridgehead atoms. The van der Waals surface area contributed by atoms with E-state index in [4.69, 9.17) is 4.74 Å². The lowest BCUT2D eigenvalue weighted by atomic mass is 10.0. The highest BCUT2D eigenvalue weighted by Gasteiger charge is 2.13. The van der Waals surface area contributed by atoms with E-state index in [1.54, 1.807) is 0 Å². The highest BCUT2D eigenvalue weighted by molar-refractivity contribution is 5.59. The number of allylic oxidation sites excluding steroid dienone is 1. The summed E-state index contributed by atoms with van der Waals surface area (Å²) in [5, 5.41) is 0. The molecule has 0 N–H and O–H groups in total. The largest absolute Gasteiger partial charge is 0.379 e. The minimum absolute atomic E-state index is 0.860. The topological polar surface area (TPSA) is 15.7 Å². The molecule has 3 nitrogen and oxygen atoms in total. The standard InChI is InChI=1S/C21H24N2O/c1-2-6-21-20(4-1)5-3-11-23(21)17-19-9-7-18(8-10-19)16-22-12-14-24-15-13-22/h1-4,6-11H,5,12-17H2. The molecular formula is C21H24N2O. The zero-order chi connectivity index (χ0) is 16.2. The van der Waals surface area contributed by atoms with Gasteiger partial charge in [-0.05, 0) is 29.2 Å². The van der Waals surface area contributed by atoms with E-state index in [1.165, 1.54) is 22.4 Å². The molecule has 0 spiro atoms. The molecule has 124 valence electrons. The highest BCUT2D eigenvalue weighted by atomic mass is 16.5. The quantitative estimate of drug-likeness (QED) is 0.856. The maximum atomic E-state index is 5.42. The number of para-hydroxylation sites is 1.